The molecule has 4 heterocycles. The summed E-state index contributed by atoms with van der Waals surface area (Å²) in [7, 11) is 2.14. The van der Waals surface area contributed by atoms with Crippen molar-refractivity contribution in [3.63, 3.8) is 0 Å². The third kappa shape index (κ3) is 11.5. The van der Waals surface area contributed by atoms with Crippen molar-refractivity contribution in [1.82, 2.24) is 24.9 Å². The quantitative estimate of drug-likeness (QED) is 0.129. The number of nitrogens with one attached hydrogen (secondary N) is 4. The third-order valence-electron chi connectivity index (χ3n) is 10.7. The van der Waals surface area contributed by atoms with Crippen LogP contribution in [-0.4, -0.2) is 85.1 Å². The second-order valence-electron chi connectivity index (χ2n) is 15.3. The number of rotatable bonds is 9. The van der Waals surface area contributed by atoms with Crippen molar-refractivity contribution in [1.29, 1.82) is 0 Å². The lowest BCUT2D eigenvalue weighted by Crippen LogP contribution is -2.47. The van der Waals surface area contributed by atoms with Crippen LogP contribution < -0.4 is 30.5 Å². The van der Waals surface area contributed by atoms with E-state index in [4.69, 9.17) is 0 Å². The number of benzene rings is 2. The van der Waals surface area contributed by atoms with Gasteiger partial charge in [0, 0.05) is 79.9 Å². The van der Waals surface area contributed by atoms with E-state index in [9.17, 15) is 22.8 Å². The zero-order valence-electron chi connectivity index (χ0n) is 32.1. The third-order valence-corrected chi connectivity index (χ3v) is 11.7. The first-order valence-electron chi connectivity index (χ1n) is 19.5. The largest absolute Gasteiger partial charge is 0.421 e. The Hall–Kier alpha value is -4.08. The number of hydrogen-bond acceptors (Lipinski definition) is 11. The van der Waals surface area contributed by atoms with Crippen LogP contribution in [0.15, 0.2) is 53.6 Å². The highest BCUT2D eigenvalue weighted by Gasteiger charge is 2.37. The van der Waals surface area contributed by atoms with Gasteiger partial charge in [-0.15, -0.1) is 0 Å². The molecule has 1 aromatic heterocycles. The normalized spacial score (nSPS) is 21.4. The van der Waals surface area contributed by atoms with Crippen LogP contribution in [0, 0.1) is 12.8 Å². The lowest BCUT2D eigenvalue weighted by atomic mass is 9.96. The summed E-state index contributed by atoms with van der Waals surface area (Å²) in [6.45, 7) is 9.32. The van der Waals surface area contributed by atoms with Crippen molar-refractivity contribution in [2.45, 2.75) is 94.8 Å². The fraction of sp³-hybridized carbons (Fsp3) is 0.550. The number of nitrogens with zero attached hydrogens (tertiary/aromatic N) is 5. The maximum absolute atomic E-state index is 13.6. The molecule has 55 heavy (non-hydrogen) atoms. The molecule has 4 fully saturated rings. The van der Waals surface area contributed by atoms with Gasteiger partial charge in [-0.1, -0.05) is 32.3 Å². The van der Waals surface area contributed by atoms with E-state index in [2.05, 4.69) is 72.6 Å². The molecule has 15 heteroatoms. The van der Waals surface area contributed by atoms with Gasteiger partial charge in [-0.2, -0.15) is 18.2 Å². The first-order chi connectivity index (χ1) is 26.4. The summed E-state index contributed by atoms with van der Waals surface area (Å²) in [4.78, 5) is 38.9. The molecule has 11 nitrogen and oxygen atoms in total. The van der Waals surface area contributed by atoms with Crippen LogP contribution in [0.5, 0.6) is 0 Å². The average molecular weight is 782 g/mol. The van der Waals surface area contributed by atoms with Gasteiger partial charge in [-0.25, -0.2) is 4.98 Å². The maximum atomic E-state index is 13.6. The molecular weight excluding hydrogens is 728 g/mol. The topological polar surface area (TPSA) is 118 Å². The average Bonchev–Trinajstić information content (AvgIpc) is 3.17. The van der Waals surface area contributed by atoms with E-state index in [1.165, 1.54) is 37.8 Å². The van der Waals surface area contributed by atoms with Gasteiger partial charge < -0.3 is 25.3 Å². The molecule has 2 atom stereocenters. The standard InChI is InChI=1S/C24H32F3N5S.C16H22N4O2/c1-16-7-6-12-32(15-16)22-20(24(25,26)27)14-28-23(30-22)29-21-11-10-19(13-17(21)2)33-31-18-8-4-3-5-9-18;1-19-7-9-20(10-8-19)13-4-2-3-12(11-13)17-14-5-6-15(21)18-16(14)22/h10-11,13-14,16,18,31H,3-9,12,15H2,1-2H3,(H,28,29,30);2-4,11,14,17H,5-10H2,1H3,(H,18,21,22). The molecule has 0 spiro atoms. The van der Waals surface area contributed by atoms with Gasteiger partial charge in [0.05, 0.1) is 0 Å². The van der Waals surface area contributed by atoms with Gasteiger partial charge in [0.2, 0.25) is 17.8 Å². The van der Waals surface area contributed by atoms with E-state index < -0.39 is 11.7 Å². The number of anilines is 5. The zero-order chi connectivity index (χ0) is 39.0. The molecule has 2 aromatic carbocycles. The number of carbonyl (C=O) groups is 2. The number of carbonyl (C=O) groups excluding carboxylic acids is 2. The van der Waals surface area contributed by atoms with E-state index in [0.717, 1.165) is 67.1 Å². The summed E-state index contributed by atoms with van der Waals surface area (Å²) in [5.41, 5.74) is 3.09. The van der Waals surface area contributed by atoms with Gasteiger partial charge in [-0.3, -0.25) is 19.6 Å². The summed E-state index contributed by atoms with van der Waals surface area (Å²) < 4.78 is 44.5. The Labute approximate surface area is 326 Å². The molecule has 0 radical (unpaired) electrons. The number of halogens is 3. The number of hydrogen-bond donors (Lipinski definition) is 4. The zero-order valence-corrected chi connectivity index (χ0v) is 32.9. The molecule has 3 saturated heterocycles. The van der Waals surface area contributed by atoms with Gasteiger partial charge in [0.15, 0.2) is 0 Å². The molecule has 2 unspecified atom stereocenters. The Morgan fingerprint density at radius 2 is 1.69 bits per heavy atom. The van der Waals surface area contributed by atoms with Crippen molar-refractivity contribution in [2.75, 3.05) is 66.7 Å². The maximum Gasteiger partial charge on any atom is 0.421 e. The molecular formula is C40H54F3N9O2S. The lowest BCUT2D eigenvalue weighted by Gasteiger charge is -2.34. The molecule has 2 amide bonds. The monoisotopic (exact) mass is 781 g/mol. The lowest BCUT2D eigenvalue weighted by molar-refractivity contribution is -0.137. The molecule has 3 aliphatic heterocycles. The second-order valence-corrected chi connectivity index (χ2v) is 16.2. The van der Waals surface area contributed by atoms with Crippen molar-refractivity contribution in [3.8, 4) is 0 Å². The molecule has 4 N–H and O–H groups in total. The predicted octanol–water partition coefficient (Wildman–Crippen LogP) is 7.37. The summed E-state index contributed by atoms with van der Waals surface area (Å²) in [6.07, 6.45) is 5.55. The van der Waals surface area contributed by atoms with E-state index >= 15 is 0 Å². The highest BCUT2D eigenvalue weighted by Crippen LogP contribution is 2.37. The number of imide groups is 1. The van der Waals surface area contributed by atoms with Crippen LogP contribution in [0.25, 0.3) is 0 Å². The second kappa shape index (κ2) is 18.7. The number of likely N-dealkylation sites (N-methyl/N-ethyl adjacent to an activating group) is 1. The van der Waals surface area contributed by atoms with Crippen LogP contribution >= 0.6 is 11.9 Å². The Morgan fingerprint density at radius 3 is 2.40 bits per heavy atom. The van der Waals surface area contributed by atoms with Crippen LogP contribution in [0.3, 0.4) is 0 Å². The Bertz CT molecular complexity index is 1770. The van der Waals surface area contributed by atoms with Crippen molar-refractivity contribution < 1.29 is 22.8 Å². The number of alkyl halides is 3. The number of amides is 2. The highest BCUT2D eigenvalue weighted by molar-refractivity contribution is 7.97. The molecule has 1 aliphatic carbocycles. The first kappa shape index (κ1) is 40.6. The number of aromatic nitrogens is 2. The molecule has 4 aliphatic rings. The van der Waals surface area contributed by atoms with Crippen molar-refractivity contribution >= 4 is 52.6 Å². The molecule has 298 valence electrons. The Balaban J connectivity index is 0.000000203. The highest BCUT2D eigenvalue weighted by atomic mass is 32.2. The van der Waals surface area contributed by atoms with Gasteiger partial charge >= 0.3 is 6.18 Å². The summed E-state index contributed by atoms with van der Waals surface area (Å²) in [5.74, 6) is 0.0596. The van der Waals surface area contributed by atoms with Crippen molar-refractivity contribution in [3.05, 3.63) is 59.8 Å². The molecule has 3 aromatic rings. The van der Waals surface area contributed by atoms with Gasteiger partial charge in [0.25, 0.3) is 0 Å². The smallest absolute Gasteiger partial charge is 0.374 e. The molecule has 7 rings (SSSR count). The minimum atomic E-state index is -4.49. The summed E-state index contributed by atoms with van der Waals surface area (Å²) >= 11 is 1.64. The fourth-order valence-electron chi connectivity index (χ4n) is 7.48. The molecule has 0 bridgehead atoms. The van der Waals surface area contributed by atoms with Crippen LogP contribution in [-0.2, 0) is 15.8 Å². The van der Waals surface area contributed by atoms with Crippen molar-refractivity contribution in [2.24, 2.45) is 5.92 Å². The summed E-state index contributed by atoms with van der Waals surface area (Å²) in [6, 6.07) is 14.4. The number of piperazine rings is 1. The van der Waals surface area contributed by atoms with Crippen LogP contribution in [0.2, 0.25) is 0 Å². The van der Waals surface area contributed by atoms with Crippen LogP contribution in [0.1, 0.15) is 75.8 Å². The number of aryl methyl sites for hydroxylation is 1. The Kier molecular flexibility index (Phi) is 13.8. The Morgan fingerprint density at radius 1 is 0.909 bits per heavy atom. The van der Waals surface area contributed by atoms with E-state index in [-0.39, 0.29) is 29.6 Å². The van der Waals surface area contributed by atoms with Gasteiger partial charge in [-0.05, 0) is 106 Å². The minimum absolute atomic E-state index is 0.0342. The molecule has 1 saturated carbocycles. The SMILES string of the molecule is CN1CCN(c2cccc(NC3CCC(=O)NC3=O)c2)CC1.Cc1cc(SNC2CCCCC2)ccc1Nc1ncc(C(F)(F)F)c(N2CCCC(C)C2)n1. The predicted molar refractivity (Wildman–Crippen MR) is 214 cm³/mol. The van der Waals surface area contributed by atoms with Gasteiger partial charge in [0.1, 0.15) is 17.4 Å². The summed E-state index contributed by atoms with van der Waals surface area (Å²) in [5, 5.41) is 8.74. The fourth-order valence-corrected chi connectivity index (χ4v) is 8.39. The minimum Gasteiger partial charge on any atom is -0.374 e. The first-order valence-corrected chi connectivity index (χ1v) is 20.4. The van der Waals surface area contributed by atoms with E-state index in [0.29, 0.717) is 37.9 Å². The van der Waals surface area contributed by atoms with E-state index in [1.807, 2.05) is 31.2 Å². The van der Waals surface area contributed by atoms with E-state index in [1.54, 1.807) is 16.8 Å². The number of piperidine rings is 2. The van der Waals surface area contributed by atoms with Crippen LogP contribution in [0.4, 0.5) is 42.0 Å².